The molecule has 0 aromatic carbocycles. The fourth-order valence-electron chi connectivity index (χ4n) is 2.37. The van der Waals surface area contributed by atoms with Crippen molar-refractivity contribution in [3.05, 3.63) is 24.0 Å². The Labute approximate surface area is 115 Å². The van der Waals surface area contributed by atoms with E-state index in [1.165, 1.54) is 12.8 Å². The third-order valence-corrected chi connectivity index (χ3v) is 3.81. The molecule has 1 aromatic heterocycles. The lowest BCUT2D eigenvalue weighted by atomic mass is 10.1. The van der Waals surface area contributed by atoms with E-state index in [1.54, 1.807) is 13.3 Å². The smallest absolute Gasteiger partial charge is 0.0589 e. The molecule has 0 radical (unpaired) electrons. The third-order valence-electron chi connectivity index (χ3n) is 3.81. The second kappa shape index (κ2) is 6.84. The Morgan fingerprint density at radius 1 is 1.58 bits per heavy atom. The molecule has 1 atom stereocenters. The van der Waals surface area contributed by atoms with Crippen molar-refractivity contribution < 1.29 is 4.74 Å². The Morgan fingerprint density at radius 3 is 3.00 bits per heavy atom. The summed E-state index contributed by atoms with van der Waals surface area (Å²) in [6.45, 7) is 4.84. The second-order valence-corrected chi connectivity index (χ2v) is 5.22. The SMILES string of the molecule is COCCN(Cc1cc(NN)ccn1)C(C)C1CC1. The Balaban J connectivity index is 2.00. The zero-order valence-corrected chi connectivity index (χ0v) is 11.8. The van der Waals surface area contributed by atoms with Crippen LogP contribution in [-0.2, 0) is 11.3 Å². The molecule has 1 saturated carbocycles. The van der Waals surface area contributed by atoms with Gasteiger partial charge in [0.2, 0.25) is 0 Å². The fourth-order valence-corrected chi connectivity index (χ4v) is 2.37. The molecule has 0 amide bonds. The van der Waals surface area contributed by atoms with Crippen LogP contribution in [0.4, 0.5) is 5.69 Å². The maximum Gasteiger partial charge on any atom is 0.0589 e. The minimum Gasteiger partial charge on any atom is -0.383 e. The van der Waals surface area contributed by atoms with Gasteiger partial charge in [-0.25, -0.2) is 0 Å². The Morgan fingerprint density at radius 2 is 2.37 bits per heavy atom. The van der Waals surface area contributed by atoms with Gasteiger partial charge in [-0.1, -0.05) is 0 Å². The van der Waals surface area contributed by atoms with Crippen LogP contribution in [0.3, 0.4) is 0 Å². The number of rotatable bonds is 8. The molecule has 2 rings (SSSR count). The predicted octanol–water partition coefficient (Wildman–Crippen LogP) is 1.61. The summed E-state index contributed by atoms with van der Waals surface area (Å²) in [6, 6.07) is 4.46. The first-order chi connectivity index (χ1) is 9.24. The quantitative estimate of drug-likeness (QED) is 0.552. The highest BCUT2D eigenvalue weighted by Crippen LogP contribution is 2.35. The molecule has 1 unspecified atom stereocenters. The number of nitrogens with zero attached hydrogens (tertiary/aromatic N) is 2. The van der Waals surface area contributed by atoms with Crippen molar-refractivity contribution in [1.29, 1.82) is 0 Å². The molecule has 0 aliphatic heterocycles. The van der Waals surface area contributed by atoms with Crippen LogP contribution in [0.1, 0.15) is 25.5 Å². The minimum absolute atomic E-state index is 0.589. The lowest BCUT2D eigenvalue weighted by molar-refractivity contribution is 0.111. The summed E-state index contributed by atoms with van der Waals surface area (Å²) in [6.07, 6.45) is 4.49. The van der Waals surface area contributed by atoms with Gasteiger partial charge < -0.3 is 10.2 Å². The van der Waals surface area contributed by atoms with Crippen molar-refractivity contribution >= 4 is 5.69 Å². The highest BCUT2D eigenvalue weighted by atomic mass is 16.5. The van der Waals surface area contributed by atoms with Crippen molar-refractivity contribution in [2.24, 2.45) is 11.8 Å². The maximum atomic E-state index is 5.44. The van der Waals surface area contributed by atoms with Crippen molar-refractivity contribution in [3.8, 4) is 0 Å². The average Bonchev–Trinajstić information content (AvgIpc) is 3.27. The first kappa shape index (κ1) is 14.2. The van der Waals surface area contributed by atoms with Gasteiger partial charge in [0.25, 0.3) is 0 Å². The number of anilines is 1. The molecule has 1 aliphatic rings. The molecular formula is C14H24N4O. The predicted molar refractivity (Wildman–Crippen MR) is 76.5 cm³/mol. The van der Waals surface area contributed by atoms with Crippen molar-refractivity contribution in [2.45, 2.75) is 32.4 Å². The summed E-state index contributed by atoms with van der Waals surface area (Å²) in [5.41, 5.74) is 4.60. The van der Waals surface area contributed by atoms with E-state index in [-0.39, 0.29) is 0 Å². The molecule has 1 aromatic rings. The normalized spacial score (nSPS) is 16.6. The largest absolute Gasteiger partial charge is 0.383 e. The highest BCUT2D eigenvalue weighted by molar-refractivity contribution is 5.41. The summed E-state index contributed by atoms with van der Waals surface area (Å²) in [5, 5.41) is 0. The van der Waals surface area contributed by atoms with Gasteiger partial charge in [-0.2, -0.15) is 0 Å². The molecule has 19 heavy (non-hydrogen) atoms. The van der Waals surface area contributed by atoms with Crippen LogP contribution in [-0.4, -0.2) is 36.2 Å². The lowest BCUT2D eigenvalue weighted by Crippen LogP contribution is -2.36. The molecule has 5 nitrogen and oxygen atoms in total. The molecule has 0 spiro atoms. The molecule has 5 heteroatoms. The number of pyridine rings is 1. The first-order valence-electron chi connectivity index (χ1n) is 6.89. The topological polar surface area (TPSA) is 63.4 Å². The number of nitrogens with two attached hydrogens (primary N) is 1. The number of hydrogen-bond acceptors (Lipinski definition) is 5. The molecule has 106 valence electrons. The van der Waals surface area contributed by atoms with E-state index >= 15 is 0 Å². The van der Waals surface area contributed by atoms with Gasteiger partial charge in [-0.3, -0.25) is 15.7 Å². The molecule has 0 bridgehead atoms. The van der Waals surface area contributed by atoms with Gasteiger partial charge in [0, 0.05) is 32.4 Å². The number of aromatic nitrogens is 1. The standard InChI is InChI=1S/C14H24N4O/c1-11(12-3-4-12)18(7-8-19-2)10-14-9-13(17-15)5-6-16-14/h5-6,9,11-12H,3-4,7-8,10,15H2,1-2H3,(H,16,17). The maximum absolute atomic E-state index is 5.44. The number of hydrazine groups is 1. The van der Waals surface area contributed by atoms with E-state index in [0.717, 1.165) is 37.0 Å². The third kappa shape index (κ3) is 4.16. The van der Waals surface area contributed by atoms with Gasteiger partial charge in [-0.05, 0) is 37.8 Å². The monoisotopic (exact) mass is 264 g/mol. The van der Waals surface area contributed by atoms with Crippen molar-refractivity contribution in [1.82, 2.24) is 9.88 Å². The fraction of sp³-hybridized carbons (Fsp3) is 0.643. The van der Waals surface area contributed by atoms with E-state index in [4.69, 9.17) is 10.6 Å². The zero-order valence-electron chi connectivity index (χ0n) is 11.8. The van der Waals surface area contributed by atoms with Crippen LogP contribution in [0.25, 0.3) is 0 Å². The van der Waals surface area contributed by atoms with E-state index < -0.39 is 0 Å². The first-order valence-corrected chi connectivity index (χ1v) is 6.89. The van der Waals surface area contributed by atoms with E-state index in [0.29, 0.717) is 6.04 Å². The minimum atomic E-state index is 0.589. The van der Waals surface area contributed by atoms with Gasteiger partial charge in [0.05, 0.1) is 18.0 Å². The Bertz CT molecular complexity index is 395. The Hall–Kier alpha value is -1.17. The van der Waals surface area contributed by atoms with Gasteiger partial charge >= 0.3 is 0 Å². The summed E-state index contributed by atoms with van der Waals surface area (Å²) < 4.78 is 5.21. The van der Waals surface area contributed by atoms with Gasteiger partial charge in [0.1, 0.15) is 0 Å². The van der Waals surface area contributed by atoms with Crippen molar-refractivity contribution in [3.63, 3.8) is 0 Å². The Kier molecular flexibility index (Phi) is 5.13. The summed E-state index contributed by atoms with van der Waals surface area (Å²) >= 11 is 0. The van der Waals surface area contributed by atoms with Crippen molar-refractivity contribution in [2.75, 3.05) is 25.7 Å². The van der Waals surface area contributed by atoms with Gasteiger partial charge in [0.15, 0.2) is 0 Å². The zero-order chi connectivity index (χ0) is 13.7. The van der Waals surface area contributed by atoms with Crippen LogP contribution in [0.5, 0.6) is 0 Å². The van der Waals surface area contributed by atoms with Crippen LogP contribution >= 0.6 is 0 Å². The number of methoxy groups -OCH3 is 1. The second-order valence-electron chi connectivity index (χ2n) is 5.22. The molecular weight excluding hydrogens is 240 g/mol. The number of hydrogen-bond donors (Lipinski definition) is 2. The lowest BCUT2D eigenvalue weighted by Gasteiger charge is -2.28. The van der Waals surface area contributed by atoms with Gasteiger partial charge in [-0.15, -0.1) is 0 Å². The number of nitrogens with one attached hydrogen (secondary N) is 1. The highest BCUT2D eigenvalue weighted by Gasteiger charge is 2.31. The molecule has 1 aliphatic carbocycles. The van der Waals surface area contributed by atoms with E-state index in [9.17, 15) is 0 Å². The number of nitrogen functional groups attached to an aromatic ring is 1. The van der Waals surface area contributed by atoms with E-state index in [2.05, 4.69) is 22.2 Å². The van der Waals surface area contributed by atoms with Crippen LogP contribution in [0.2, 0.25) is 0 Å². The molecule has 1 fully saturated rings. The summed E-state index contributed by atoms with van der Waals surface area (Å²) in [5.74, 6) is 6.28. The number of ether oxygens (including phenoxy) is 1. The molecule has 3 N–H and O–H groups in total. The van der Waals surface area contributed by atoms with E-state index in [1.807, 2.05) is 12.1 Å². The average molecular weight is 264 g/mol. The summed E-state index contributed by atoms with van der Waals surface area (Å²) in [4.78, 5) is 6.87. The van der Waals surface area contributed by atoms with Crippen LogP contribution in [0, 0.1) is 5.92 Å². The van der Waals surface area contributed by atoms with Crippen LogP contribution < -0.4 is 11.3 Å². The molecule has 1 heterocycles. The van der Waals surface area contributed by atoms with Crippen LogP contribution in [0.15, 0.2) is 18.3 Å². The molecule has 0 saturated heterocycles. The summed E-state index contributed by atoms with van der Waals surface area (Å²) in [7, 11) is 1.75.